The van der Waals surface area contributed by atoms with Gasteiger partial charge in [-0.1, -0.05) is 0 Å². The molecule has 5 nitrogen and oxygen atoms in total. The minimum absolute atomic E-state index is 0.0155. The number of hydrogen-bond acceptors (Lipinski definition) is 2. The standard InChI is InChI=1S/C13H13F3N2O3/c14-8-3-6(4-9(15)12(8)16)7-5-10(7)18-13(21)17-2-1-11(19)20/h3-4,7,10H,1-2,5H2,(H,19,20)(H2,17,18,21)/t7-,10+/m0/s1. The van der Waals surface area contributed by atoms with Crippen LogP contribution < -0.4 is 10.6 Å². The van der Waals surface area contributed by atoms with Crippen molar-refractivity contribution in [2.24, 2.45) is 0 Å². The predicted octanol–water partition coefficient (Wildman–Crippen LogP) is 1.73. The second-order valence-electron chi connectivity index (χ2n) is 4.79. The number of carboxylic acid groups (broad SMARTS) is 1. The van der Waals surface area contributed by atoms with Gasteiger partial charge >= 0.3 is 12.0 Å². The van der Waals surface area contributed by atoms with Crippen molar-refractivity contribution >= 4 is 12.0 Å². The number of carboxylic acids is 1. The van der Waals surface area contributed by atoms with Crippen LogP contribution in [0.15, 0.2) is 12.1 Å². The van der Waals surface area contributed by atoms with E-state index in [9.17, 15) is 22.8 Å². The predicted molar refractivity (Wildman–Crippen MR) is 66.2 cm³/mol. The number of amides is 2. The number of carbonyl (C=O) groups is 2. The fraction of sp³-hybridized carbons (Fsp3) is 0.385. The van der Waals surface area contributed by atoms with Gasteiger partial charge in [-0.2, -0.15) is 0 Å². The molecule has 0 radical (unpaired) electrons. The molecule has 0 bridgehead atoms. The number of nitrogens with one attached hydrogen (secondary N) is 2. The second-order valence-corrected chi connectivity index (χ2v) is 4.79. The van der Waals surface area contributed by atoms with E-state index >= 15 is 0 Å². The highest BCUT2D eigenvalue weighted by Crippen LogP contribution is 2.41. The molecule has 0 spiro atoms. The molecule has 1 aromatic carbocycles. The maximum atomic E-state index is 13.1. The number of hydrogen-bond donors (Lipinski definition) is 3. The molecule has 0 aromatic heterocycles. The molecular formula is C13H13F3N2O3. The molecule has 2 rings (SSSR count). The van der Waals surface area contributed by atoms with Crippen LogP contribution in [0.25, 0.3) is 0 Å². The number of benzene rings is 1. The van der Waals surface area contributed by atoms with E-state index in [4.69, 9.17) is 5.11 Å². The zero-order valence-corrected chi connectivity index (χ0v) is 10.8. The summed E-state index contributed by atoms with van der Waals surface area (Å²) in [4.78, 5) is 21.7. The number of aliphatic carboxylic acids is 1. The Bertz CT molecular complexity index is 557. The van der Waals surface area contributed by atoms with Crippen molar-refractivity contribution in [1.82, 2.24) is 10.6 Å². The molecular weight excluding hydrogens is 289 g/mol. The average Bonchev–Trinajstić information content (AvgIpc) is 3.14. The highest BCUT2D eigenvalue weighted by molar-refractivity contribution is 5.75. The van der Waals surface area contributed by atoms with E-state index in [1.807, 2.05) is 0 Å². The van der Waals surface area contributed by atoms with E-state index in [0.717, 1.165) is 12.1 Å². The Kier molecular flexibility index (Phi) is 4.35. The third-order valence-electron chi connectivity index (χ3n) is 3.17. The Labute approximate surface area is 118 Å². The maximum absolute atomic E-state index is 13.1. The summed E-state index contributed by atoms with van der Waals surface area (Å²) in [6, 6.07) is 0.964. The van der Waals surface area contributed by atoms with Gasteiger partial charge in [0.1, 0.15) is 0 Å². The van der Waals surface area contributed by atoms with Crippen LogP contribution in [0.1, 0.15) is 24.3 Å². The highest BCUT2D eigenvalue weighted by atomic mass is 19.2. The van der Waals surface area contributed by atoms with Gasteiger partial charge in [0.15, 0.2) is 17.5 Å². The summed E-state index contributed by atoms with van der Waals surface area (Å²) in [6.07, 6.45) is 0.284. The van der Waals surface area contributed by atoms with E-state index in [1.165, 1.54) is 0 Å². The molecule has 0 aliphatic heterocycles. The van der Waals surface area contributed by atoms with E-state index in [2.05, 4.69) is 10.6 Å². The van der Waals surface area contributed by atoms with Crippen LogP contribution in [0.3, 0.4) is 0 Å². The Morgan fingerprint density at radius 2 is 1.86 bits per heavy atom. The number of carbonyl (C=O) groups excluding carboxylic acids is 1. The van der Waals surface area contributed by atoms with Crippen LogP contribution in [0.5, 0.6) is 0 Å². The first-order valence-corrected chi connectivity index (χ1v) is 6.29. The lowest BCUT2D eigenvalue weighted by atomic mass is 10.1. The van der Waals surface area contributed by atoms with Crippen LogP contribution >= 0.6 is 0 Å². The van der Waals surface area contributed by atoms with Gasteiger partial charge < -0.3 is 15.7 Å². The fourth-order valence-corrected chi connectivity index (χ4v) is 2.01. The lowest BCUT2D eigenvalue weighted by molar-refractivity contribution is -0.136. The van der Waals surface area contributed by atoms with Gasteiger partial charge in [0.05, 0.1) is 6.42 Å². The fourth-order valence-electron chi connectivity index (χ4n) is 2.01. The van der Waals surface area contributed by atoms with E-state index in [-0.39, 0.29) is 30.5 Å². The minimum atomic E-state index is -1.52. The van der Waals surface area contributed by atoms with Crippen molar-refractivity contribution in [2.45, 2.75) is 24.8 Å². The Morgan fingerprint density at radius 1 is 1.24 bits per heavy atom. The average molecular weight is 302 g/mol. The quantitative estimate of drug-likeness (QED) is 0.725. The molecule has 1 saturated carbocycles. The minimum Gasteiger partial charge on any atom is -0.481 e. The van der Waals surface area contributed by atoms with Gasteiger partial charge in [0.2, 0.25) is 0 Å². The first-order chi connectivity index (χ1) is 9.88. The third-order valence-corrected chi connectivity index (χ3v) is 3.17. The number of urea groups is 1. The van der Waals surface area contributed by atoms with E-state index < -0.39 is 29.5 Å². The van der Waals surface area contributed by atoms with Crippen molar-refractivity contribution in [2.75, 3.05) is 6.54 Å². The van der Waals surface area contributed by atoms with Crippen LogP contribution in [-0.4, -0.2) is 29.7 Å². The summed E-state index contributed by atoms with van der Waals surface area (Å²) in [5.41, 5.74) is 0.280. The van der Waals surface area contributed by atoms with Gasteiger partial charge in [-0.25, -0.2) is 18.0 Å². The summed E-state index contributed by atoms with van der Waals surface area (Å²) >= 11 is 0. The second kappa shape index (κ2) is 6.02. The van der Waals surface area contributed by atoms with Crippen molar-refractivity contribution < 1.29 is 27.9 Å². The van der Waals surface area contributed by atoms with Crippen molar-refractivity contribution in [3.05, 3.63) is 35.1 Å². The van der Waals surface area contributed by atoms with Gasteiger partial charge in [0, 0.05) is 18.5 Å². The molecule has 2 amide bonds. The zero-order chi connectivity index (χ0) is 15.6. The monoisotopic (exact) mass is 302 g/mol. The molecule has 8 heteroatoms. The molecule has 21 heavy (non-hydrogen) atoms. The van der Waals surface area contributed by atoms with Crippen LogP contribution in [-0.2, 0) is 4.79 Å². The lowest BCUT2D eigenvalue weighted by Crippen LogP contribution is -2.38. The lowest BCUT2D eigenvalue weighted by Gasteiger charge is -2.07. The largest absolute Gasteiger partial charge is 0.481 e. The first-order valence-electron chi connectivity index (χ1n) is 6.29. The van der Waals surface area contributed by atoms with Crippen LogP contribution in [0, 0.1) is 17.5 Å². The van der Waals surface area contributed by atoms with Gasteiger partial charge in [-0.3, -0.25) is 4.79 Å². The van der Waals surface area contributed by atoms with Crippen LogP contribution in [0.4, 0.5) is 18.0 Å². The molecule has 0 heterocycles. The Balaban J connectivity index is 1.85. The molecule has 1 fully saturated rings. The molecule has 2 atom stereocenters. The summed E-state index contributed by atoms with van der Waals surface area (Å²) in [6.45, 7) is -0.0155. The SMILES string of the molecule is O=C(O)CCNC(=O)N[C@@H]1C[C@H]1c1cc(F)c(F)c(F)c1. The first kappa shape index (κ1) is 15.1. The number of halogens is 3. The third kappa shape index (κ3) is 3.87. The topological polar surface area (TPSA) is 78.4 Å². The summed E-state index contributed by atoms with van der Waals surface area (Å²) in [5, 5.41) is 13.3. The van der Waals surface area contributed by atoms with Crippen molar-refractivity contribution in [1.29, 1.82) is 0 Å². The Morgan fingerprint density at radius 3 is 2.43 bits per heavy atom. The molecule has 0 saturated heterocycles. The van der Waals surface area contributed by atoms with Crippen molar-refractivity contribution in [3.63, 3.8) is 0 Å². The van der Waals surface area contributed by atoms with E-state index in [1.54, 1.807) is 0 Å². The zero-order valence-electron chi connectivity index (χ0n) is 10.8. The maximum Gasteiger partial charge on any atom is 0.315 e. The summed E-state index contributed by atoms with van der Waals surface area (Å²) in [5.74, 6) is -5.35. The number of rotatable bonds is 5. The van der Waals surface area contributed by atoms with E-state index in [0.29, 0.717) is 6.42 Å². The van der Waals surface area contributed by atoms with Gasteiger partial charge in [-0.05, 0) is 24.1 Å². The Hall–Kier alpha value is -2.25. The highest BCUT2D eigenvalue weighted by Gasteiger charge is 2.40. The summed E-state index contributed by atoms with van der Waals surface area (Å²) < 4.78 is 39.0. The van der Waals surface area contributed by atoms with Crippen molar-refractivity contribution in [3.8, 4) is 0 Å². The van der Waals surface area contributed by atoms with Gasteiger partial charge in [0.25, 0.3) is 0 Å². The summed E-state index contributed by atoms with van der Waals surface area (Å²) in [7, 11) is 0. The molecule has 1 aliphatic rings. The van der Waals surface area contributed by atoms with Gasteiger partial charge in [-0.15, -0.1) is 0 Å². The molecule has 3 N–H and O–H groups in total. The molecule has 1 aromatic rings. The molecule has 114 valence electrons. The smallest absolute Gasteiger partial charge is 0.315 e. The molecule has 1 aliphatic carbocycles. The van der Waals surface area contributed by atoms with Crippen LogP contribution in [0.2, 0.25) is 0 Å². The molecule has 0 unspecified atom stereocenters. The normalized spacial score (nSPS) is 20.0.